The third-order valence-corrected chi connectivity index (χ3v) is 2.63. The van der Waals surface area contributed by atoms with Crippen molar-refractivity contribution in [2.75, 3.05) is 19.5 Å². The Bertz CT molecular complexity index is 509. The van der Waals surface area contributed by atoms with Gasteiger partial charge >= 0.3 is 0 Å². The van der Waals surface area contributed by atoms with Gasteiger partial charge in [0.1, 0.15) is 5.75 Å². The molecule has 0 atom stereocenters. The molecule has 102 valence electrons. The number of amides is 1. The van der Waals surface area contributed by atoms with E-state index in [4.69, 9.17) is 4.74 Å². The zero-order chi connectivity index (χ0) is 14.4. The molecule has 5 nitrogen and oxygen atoms in total. The zero-order valence-corrected chi connectivity index (χ0v) is 11.7. The number of nitrogens with one attached hydrogen (secondary N) is 1. The Balaban J connectivity index is 3.28. The highest BCUT2D eigenvalue weighted by atomic mass is 16.5. The van der Waals surface area contributed by atoms with Crippen LogP contribution in [0.25, 0.3) is 5.70 Å². The lowest BCUT2D eigenvalue weighted by atomic mass is 10.1. The number of rotatable bonds is 5. The summed E-state index contributed by atoms with van der Waals surface area (Å²) in [4.78, 5) is 11.1. The third kappa shape index (κ3) is 3.58. The molecule has 0 saturated heterocycles. The van der Waals surface area contributed by atoms with Gasteiger partial charge in [0.25, 0.3) is 0 Å². The molecule has 5 heteroatoms. The summed E-state index contributed by atoms with van der Waals surface area (Å²) in [5.74, 6) is 0.589. The summed E-state index contributed by atoms with van der Waals surface area (Å²) in [6, 6.07) is 5.44. The fourth-order valence-electron chi connectivity index (χ4n) is 1.78. The minimum atomic E-state index is -0.117. The standard InChI is InChI=1S/C14H19N3O2/c1-6-13(17(4)15-3)12-9-11(16-10(2)18)7-8-14(12)19-5/h6-9H,3H2,1-2,4-5H3,(H,16,18)/b13-6-. The Labute approximate surface area is 113 Å². The Kier molecular flexibility index (Phi) is 5.11. The van der Waals surface area contributed by atoms with Crippen molar-refractivity contribution >= 4 is 24.0 Å². The normalized spacial score (nSPS) is 10.8. The van der Waals surface area contributed by atoms with Gasteiger partial charge in [-0.2, -0.15) is 5.10 Å². The van der Waals surface area contributed by atoms with E-state index in [0.717, 1.165) is 11.3 Å². The lowest BCUT2D eigenvalue weighted by Crippen LogP contribution is -2.11. The second kappa shape index (κ2) is 6.58. The summed E-state index contributed by atoms with van der Waals surface area (Å²) in [5.41, 5.74) is 2.39. The number of allylic oxidation sites excluding steroid dienone is 1. The lowest BCUT2D eigenvalue weighted by molar-refractivity contribution is -0.114. The summed E-state index contributed by atoms with van der Waals surface area (Å²) in [6.45, 7) is 6.88. The van der Waals surface area contributed by atoms with Gasteiger partial charge in [0.2, 0.25) is 5.91 Å². The molecule has 0 saturated carbocycles. The molecule has 0 aliphatic heterocycles. The van der Waals surface area contributed by atoms with Crippen molar-refractivity contribution in [3.05, 3.63) is 29.8 Å². The van der Waals surface area contributed by atoms with Crippen LogP contribution in [0.5, 0.6) is 5.75 Å². The third-order valence-electron chi connectivity index (χ3n) is 2.63. The van der Waals surface area contributed by atoms with Gasteiger partial charge in [0.15, 0.2) is 0 Å². The molecule has 0 heterocycles. The van der Waals surface area contributed by atoms with Crippen molar-refractivity contribution in [2.45, 2.75) is 13.8 Å². The number of carbonyl (C=O) groups excluding carboxylic acids is 1. The molecule has 0 radical (unpaired) electrons. The van der Waals surface area contributed by atoms with Gasteiger partial charge in [0, 0.05) is 31.9 Å². The van der Waals surface area contributed by atoms with Crippen LogP contribution in [0.3, 0.4) is 0 Å². The minimum Gasteiger partial charge on any atom is -0.496 e. The number of anilines is 1. The molecule has 1 aromatic carbocycles. The lowest BCUT2D eigenvalue weighted by Gasteiger charge is -2.19. The fourth-order valence-corrected chi connectivity index (χ4v) is 1.78. The molecule has 0 aliphatic carbocycles. The molecular formula is C14H19N3O2. The van der Waals surface area contributed by atoms with Gasteiger partial charge < -0.3 is 10.1 Å². The predicted molar refractivity (Wildman–Crippen MR) is 78.3 cm³/mol. The fraction of sp³-hybridized carbons (Fsp3) is 0.286. The number of ether oxygens (including phenoxy) is 1. The average Bonchev–Trinajstić information content (AvgIpc) is 2.39. The largest absolute Gasteiger partial charge is 0.496 e. The number of hydrogen-bond donors (Lipinski definition) is 1. The minimum absolute atomic E-state index is 0.117. The molecule has 1 rings (SSSR count). The molecule has 0 unspecified atom stereocenters. The SMILES string of the molecule is C=NN(C)/C(=C\C)c1cc(NC(C)=O)ccc1OC. The van der Waals surface area contributed by atoms with Crippen LogP contribution in [0.4, 0.5) is 5.69 Å². The number of hydrazone groups is 1. The first kappa shape index (κ1) is 14.8. The van der Waals surface area contributed by atoms with Crippen LogP contribution in [0.2, 0.25) is 0 Å². The van der Waals surface area contributed by atoms with Gasteiger partial charge in [-0.15, -0.1) is 0 Å². The first-order valence-corrected chi connectivity index (χ1v) is 5.86. The van der Waals surface area contributed by atoms with Crippen LogP contribution >= 0.6 is 0 Å². The van der Waals surface area contributed by atoms with E-state index >= 15 is 0 Å². The Morgan fingerprint density at radius 2 is 2.21 bits per heavy atom. The molecule has 0 bridgehead atoms. The highest BCUT2D eigenvalue weighted by Gasteiger charge is 2.12. The van der Waals surface area contributed by atoms with Gasteiger partial charge in [-0.3, -0.25) is 9.80 Å². The van der Waals surface area contributed by atoms with Crippen LogP contribution in [-0.2, 0) is 4.79 Å². The van der Waals surface area contributed by atoms with Crippen molar-refractivity contribution in [2.24, 2.45) is 5.10 Å². The van der Waals surface area contributed by atoms with Gasteiger partial charge in [-0.1, -0.05) is 6.08 Å². The maximum Gasteiger partial charge on any atom is 0.221 e. The molecule has 0 aromatic heterocycles. The average molecular weight is 261 g/mol. The highest BCUT2D eigenvalue weighted by Crippen LogP contribution is 2.30. The maximum absolute atomic E-state index is 11.1. The maximum atomic E-state index is 11.1. The number of nitrogens with zero attached hydrogens (tertiary/aromatic N) is 2. The molecule has 1 N–H and O–H groups in total. The van der Waals surface area contributed by atoms with Crippen LogP contribution in [0.1, 0.15) is 19.4 Å². The zero-order valence-electron chi connectivity index (χ0n) is 11.7. The summed E-state index contributed by atoms with van der Waals surface area (Å²) < 4.78 is 5.34. The molecule has 1 amide bonds. The smallest absolute Gasteiger partial charge is 0.221 e. The number of hydrogen-bond acceptors (Lipinski definition) is 4. The van der Waals surface area contributed by atoms with Crippen molar-refractivity contribution in [1.82, 2.24) is 5.01 Å². The van der Waals surface area contributed by atoms with Crippen LogP contribution < -0.4 is 10.1 Å². The monoisotopic (exact) mass is 261 g/mol. The molecule has 0 spiro atoms. The van der Waals surface area contributed by atoms with E-state index < -0.39 is 0 Å². The Morgan fingerprint density at radius 3 is 2.68 bits per heavy atom. The van der Waals surface area contributed by atoms with E-state index in [-0.39, 0.29) is 5.91 Å². The topological polar surface area (TPSA) is 53.9 Å². The van der Waals surface area contributed by atoms with Gasteiger partial charge in [-0.05, 0) is 25.1 Å². The molecule has 1 aromatic rings. The van der Waals surface area contributed by atoms with Gasteiger partial charge in [-0.25, -0.2) is 0 Å². The van der Waals surface area contributed by atoms with E-state index in [1.165, 1.54) is 6.92 Å². The quantitative estimate of drug-likeness (QED) is 0.654. The van der Waals surface area contributed by atoms with Crippen molar-refractivity contribution in [3.8, 4) is 5.75 Å². The predicted octanol–water partition coefficient (Wildman–Crippen LogP) is 2.56. The van der Waals surface area contributed by atoms with E-state index in [2.05, 4.69) is 17.1 Å². The Morgan fingerprint density at radius 1 is 1.53 bits per heavy atom. The summed E-state index contributed by atoms with van der Waals surface area (Å²) in [7, 11) is 3.40. The van der Waals surface area contributed by atoms with E-state index in [0.29, 0.717) is 11.4 Å². The molecular weight excluding hydrogens is 242 g/mol. The van der Waals surface area contributed by atoms with Crippen LogP contribution in [0.15, 0.2) is 29.4 Å². The van der Waals surface area contributed by atoms with Crippen molar-refractivity contribution in [1.29, 1.82) is 0 Å². The van der Waals surface area contributed by atoms with Crippen LogP contribution in [0, 0.1) is 0 Å². The second-order valence-corrected chi connectivity index (χ2v) is 3.94. The van der Waals surface area contributed by atoms with E-state index in [1.54, 1.807) is 31.3 Å². The van der Waals surface area contributed by atoms with Gasteiger partial charge in [0.05, 0.1) is 12.8 Å². The van der Waals surface area contributed by atoms with E-state index in [9.17, 15) is 4.79 Å². The number of benzene rings is 1. The summed E-state index contributed by atoms with van der Waals surface area (Å²) in [5, 5.41) is 8.27. The number of carbonyl (C=O) groups is 1. The molecule has 0 aliphatic rings. The van der Waals surface area contributed by atoms with E-state index in [1.807, 2.05) is 19.1 Å². The van der Waals surface area contributed by atoms with Crippen LogP contribution in [-0.4, -0.2) is 31.8 Å². The first-order chi connectivity index (χ1) is 9.03. The number of methoxy groups -OCH3 is 1. The highest BCUT2D eigenvalue weighted by molar-refractivity contribution is 5.89. The van der Waals surface area contributed by atoms with Crippen molar-refractivity contribution in [3.63, 3.8) is 0 Å². The first-order valence-electron chi connectivity index (χ1n) is 5.86. The van der Waals surface area contributed by atoms with Crippen molar-refractivity contribution < 1.29 is 9.53 Å². The Hall–Kier alpha value is -2.30. The second-order valence-electron chi connectivity index (χ2n) is 3.94. The summed E-state index contributed by atoms with van der Waals surface area (Å²) >= 11 is 0. The molecule has 0 fully saturated rings. The molecule has 19 heavy (non-hydrogen) atoms. The summed E-state index contributed by atoms with van der Waals surface area (Å²) in [6.07, 6.45) is 1.91.